The lowest BCUT2D eigenvalue weighted by atomic mass is 10.1. The summed E-state index contributed by atoms with van der Waals surface area (Å²) in [5, 5.41) is 0. The van der Waals surface area contributed by atoms with Gasteiger partial charge in [0.15, 0.2) is 4.96 Å². The number of rotatable bonds is 3. The van der Waals surface area contributed by atoms with E-state index in [1.54, 1.807) is 29.7 Å². The smallest absolute Gasteiger partial charge is 0.194 e. The van der Waals surface area contributed by atoms with Crippen molar-refractivity contribution in [2.24, 2.45) is 5.73 Å². The summed E-state index contributed by atoms with van der Waals surface area (Å²) in [6.07, 6.45) is 4.50. The summed E-state index contributed by atoms with van der Waals surface area (Å²) in [5.74, 6) is -0.226. The summed E-state index contributed by atoms with van der Waals surface area (Å²) in [6.45, 7) is 0.595. The van der Waals surface area contributed by atoms with E-state index in [2.05, 4.69) is 4.98 Å². The van der Waals surface area contributed by atoms with Crippen molar-refractivity contribution in [1.82, 2.24) is 9.38 Å². The molecule has 0 atom stereocenters. The second-order valence-corrected chi connectivity index (χ2v) is 5.06. The van der Waals surface area contributed by atoms with Crippen molar-refractivity contribution in [3.8, 4) is 11.3 Å². The number of imidazole rings is 1. The number of nitrogens with zero attached hydrogens (tertiary/aromatic N) is 2. The molecule has 0 aliphatic heterocycles. The predicted molar refractivity (Wildman–Crippen MR) is 71.2 cm³/mol. The maximum absolute atomic E-state index is 13.0. The van der Waals surface area contributed by atoms with Gasteiger partial charge in [0.25, 0.3) is 0 Å². The molecule has 3 aromatic rings. The van der Waals surface area contributed by atoms with Crippen LogP contribution >= 0.6 is 11.3 Å². The first-order valence-electron chi connectivity index (χ1n) is 5.70. The third-order valence-corrected chi connectivity index (χ3v) is 3.94. The van der Waals surface area contributed by atoms with Crippen LogP contribution < -0.4 is 5.73 Å². The lowest BCUT2D eigenvalue weighted by Crippen LogP contribution is -2.02. The van der Waals surface area contributed by atoms with Gasteiger partial charge in [-0.3, -0.25) is 4.40 Å². The van der Waals surface area contributed by atoms with Crippen molar-refractivity contribution >= 4 is 16.3 Å². The van der Waals surface area contributed by atoms with Crippen LogP contribution in [-0.4, -0.2) is 15.9 Å². The van der Waals surface area contributed by atoms with E-state index in [0.29, 0.717) is 6.54 Å². The molecule has 18 heavy (non-hydrogen) atoms. The lowest BCUT2D eigenvalue weighted by molar-refractivity contribution is 0.628. The van der Waals surface area contributed by atoms with E-state index < -0.39 is 0 Å². The Hall–Kier alpha value is -1.72. The van der Waals surface area contributed by atoms with Gasteiger partial charge in [0.2, 0.25) is 0 Å². The molecule has 2 N–H and O–H groups in total. The number of aromatic nitrogens is 2. The SMILES string of the molecule is NCCc1sc2nccn2c1-c1ccc(F)cc1. The first-order chi connectivity index (χ1) is 8.79. The van der Waals surface area contributed by atoms with Crippen molar-refractivity contribution in [1.29, 1.82) is 0 Å². The van der Waals surface area contributed by atoms with Crippen LogP contribution in [-0.2, 0) is 6.42 Å². The van der Waals surface area contributed by atoms with Crippen molar-refractivity contribution in [3.05, 3.63) is 47.4 Å². The Labute approximate surface area is 108 Å². The molecule has 0 bridgehead atoms. The zero-order valence-electron chi connectivity index (χ0n) is 9.64. The average molecular weight is 261 g/mol. The van der Waals surface area contributed by atoms with E-state index in [4.69, 9.17) is 5.73 Å². The highest BCUT2D eigenvalue weighted by Crippen LogP contribution is 2.31. The third-order valence-electron chi connectivity index (χ3n) is 2.82. The minimum absolute atomic E-state index is 0.226. The van der Waals surface area contributed by atoms with E-state index in [1.165, 1.54) is 17.0 Å². The van der Waals surface area contributed by atoms with Crippen molar-refractivity contribution in [3.63, 3.8) is 0 Å². The van der Waals surface area contributed by atoms with Gasteiger partial charge in [-0.25, -0.2) is 9.37 Å². The Morgan fingerprint density at radius 1 is 1.28 bits per heavy atom. The van der Waals surface area contributed by atoms with Gasteiger partial charge in [-0.1, -0.05) is 0 Å². The van der Waals surface area contributed by atoms with Crippen LogP contribution in [0.25, 0.3) is 16.2 Å². The topological polar surface area (TPSA) is 43.3 Å². The summed E-state index contributed by atoms with van der Waals surface area (Å²) in [6, 6.07) is 6.53. The van der Waals surface area contributed by atoms with Gasteiger partial charge in [0.05, 0.1) is 5.69 Å². The van der Waals surface area contributed by atoms with Gasteiger partial charge in [-0.05, 0) is 42.8 Å². The van der Waals surface area contributed by atoms with E-state index in [0.717, 1.165) is 22.6 Å². The maximum atomic E-state index is 13.0. The van der Waals surface area contributed by atoms with Gasteiger partial charge in [0, 0.05) is 17.3 Å². The average Bonchev–Trinajstić information content (AvgIpc) is 2.91. The standard InChI is InChI=1S/C13H12FN3S/c14-10-3-1-9(2-4-10)12-11(5-6-15)18-13-16-7-8-17(12)13/h1-4,7-8H,5-6,15H2. The number of nitrogens with two attached hydrogens (primary N) is 1. The zero-order valence-corrected chi connectivity index (χ0v) is 10.5. The van der Waals surface area contributed by atoms with Crippen molar-refractivity contribution < 1.29 is 4.39 Å². The molecule has 0 unspecified atom stereocenters. The molecule has 0 amide bonds. The quantitative estimate of drug-likeness (QED) is 0.787. The van der Waals surface area contributed by atoms with E-state index in [9.17, 15) is 4.39 Å². The molecule has 0 spiro atoms. The Morgan fingerprint density at radius 2 is 2.06 bits per heavy atom. The van der Waals surface area contributed by atoms with Gasteiger partial charge in [-0.15, -0.1) is 11.3 Å². The molecule has 0 saturated carbocycles. The normalized spacial score (nSPS) is 11.2. The fourth-order valence-electron chi connectivity index (χ4n) is 2.04. The van der Waals surface area contributed by atoms with Crippen LogP contribution in [0.1, 0.15) is 4.88 Å². The zero-order chi connectivity index (χ0) is 12.5. The number of hydrogen-bond donors (Lipinski definition) is 1. The highest BCUT2D eigenvalue weighted by Gasteiger charge is 2.13. The van der Waals surface area contributed by atoms with Gasteiger partial charge in [-0.2, -0.15) is 0 Å². The highest BCUT2D eigenvalue weighted by molar-refractivity contribution is 7.17. The number of thiazole rings is 1. The molecule has 0 aliphatic carbocycles. The molecule has 0 radical (unpaired) electrons. The number of hydrogen-bond acceptors (Lipinski definition) is 3. The van der Waals surface area contributed by atoms with E-state index in [-0.39, 0.29) is 5.82 Å². The van der Waals surface area contributed by atoms with Crippen molar-refractivity contribution in [2.45, 2.75) is 6.42 Å². The van der Waals surface area contributed by atoms with Crippen LogP contribution in [0.2, 0.25) is 0 Å². The summed E-state index contributed by atoms with van der Waals surface area (Å²) in [4.78, 5) is 6.42. The summed E-state index contributed by atoms with van der Waals surface area (Å²) in [7, 11) is 0. The third kappa shape index (κ3) is 1.81. The lowest BCUT2D eigenvalue weighted by Gasteiger charge is -2.04. The predicted octanol–water partition coefficient (Wildman–Crippen LogP) is 2.70. The molecular weight excluding hydrogens is 249 g/mol. The molecule has 2 aromatic heterocycles. The fraction of sp³-hybridized carbons (Fsp3) is 0.154. The fourth-order valence-corrected chi connectivity index (χ4v) is 3.15. The largest absolute Gasteiger partial charge is 0.330 e. The summed E-state index contributed by atoms with van der Waals surface area (Å²) >= 11 is 1.63. The first-order valence-corrected chi connectivity index (χ1v) is 6.52. The summed E-state index contributed by atoms with van der Waals surface area (Å²) in [5.41, 5.74) is 7.70. The molecule has 1 aromatic carbocycles. The van der Waals surface area contributed by atoms with Crippen LogP contribution in [0, 0.1) is 5.82 Å². The molecule has 0 aliphatic rings. The van der Waals surface area contributed by atoms with E-state index in [1.807, 2.05) is 10.6 Å². The molecular formula is C13H12FN3S. The van der Waals surface area contributed by atoms with Gasteiger partial charge in [0.1, 0.15) is 5.82 Å². The second kappa shape index (κ2) is 4.51. The number of benzene rings is 1. The van der Waals surface area contributed by atoms with Crippen LogP contribution in [0.3, 0.4) is 0 Å². The Bertz CT molecular complexity index is 669. The minimum atomic E-state index is -0.226. The van der Waals surface area contributed by atoms with Gasteiger partial charge >= 0.3 is 0 Å². The van der Waals surface area contributed by atoms with Gasteiger partial charge < -0.3 is 5.73 Å². The summed E-state index contributed by atoms with van der Waals surface area (Å²) < 4.78 is 15.0. The van der Waals surface area contributed by atoms with Crippen LogP contribution in [0.15, 0.2) is 36.7 Å². The molecule has 0 fully saturated rings. The first kappa shape index (κ1) is 11.4. The molecule has 2 heterocycles. The maximum Gasteiger partial charge on any atom is 0.194 e. The Balaban J connectivity index is 2.21. The number of fused-ring (bicyclic) bond motifs is 1. The van der Waals surface area contributed by atoms with Crippen LogP contribution in [0.4, 0.5) is 4.39 Å². The Kier molecular flexibility index (Phi) is 2.85. The molecule has 5 heteroatoms. The number of halogens is 1. The second-order valence-electron chi connectivity index (χ2n) is 4.00. The molecule has 92 valence electrons. The molecule has 3 rings (SSSR count). The molecule has 0 saturated heterocycles. The monoisotopic (exact) mass is 261 g/mol. The highest BCUT2D eigenvalue weighted by atomic mass is 32.1. The van der Waals surface area contributed by atoms with Crippen LogP contribution in [0.5, 0.6) is 0 Å². The van der Waals surface area contributed by atoms with Crippen molar-refractivity contribution in [2.75, 3.05) is 6.54 Å². The van der Waals surface area contributed by atoms with E-state index >= 15 is 0 Å². The Morgan fingerprint density at radius 3 is 2.78 bits per heavy atom. The molecule has 3 nitrogen and oxygen atoms in total. The minimum Gasteiger partial charge on any atom is -0.330 e.